The topological polar surface area (TPSA) is 16.1 Å². The number of aromatic nitrogens is 1. The van der Waals surface area contributed by atoms with E-state index in [1.165, 1.54) is 16.8 Å². The van der Waals surface area contributed by atoms with Crippen LogP contribution in [0, 0.1) is 6.92 Å². The summed E-state index contributed by atoms with van der Waals surface area (Å²) in [7, 11) is 2.20. The fourth-order valence-corrected chi connectivity index (χ4v) is 2.34. The van der Waals surface area contributed by atoms with E-state index in [0.717, 1.165) is 19.4 Å². The average Bonchev–Trinajstić information content (AvgIpc) is 2.46. The number of pyridine rings is 1. The number of hydrogen-bond acceptors (Lipinski definition) is 2. The van der Waals surface area contributed by atoms with Gasteiger partial charge in [0.05, 0.1) is 0 Å². The highest BCUT2D eigenvalue weighted by atomic mass is 15.1. The number of rotatable bonds is 6. The van der Waals surface area contributed by atoms with Crippen molar-refractivity contribution >= 4 is 0 Å². The van der Waals surface area contributed by atoms with E-state index in [0.29, 0.717) is 6.04 Å². The van der Waals surface area contributed by atoms with Crippen molar-refractivity contribution in [3.63, 3.8) is 0 Å². The van der Waals surface area contributed by atoms with Crippen LogP contribution in [0.3, 0.4) is 0 Å². The lowest BCUT2D eigenvalue weighted by atomic mass is 10.1. The van der Waals surface area contributed by atoms with Crippen LogP contribution in [0.4, 0.5) is 0 Å². The fraction of sp³-hybridized carbons (Fsp3) is 0.389. The normalized spacial score (nSPS) is 12.6. The predicted molar refractivity (Wildman–Crippen MR) is 84.9 cm³/mol. The lowest BCUT2D eigenvalue weighted by Crippen LogP contribution is -2.32. The molecule has 0 aliphatic heterocycles. The van der Waals surface area contributed by atoms with Crippen LogP contribution < -0.4 is 0 Å². The summed E-state index contributed by atoms with van der Waals surface area (Å²) in [5.41, 5.74) is 3.87. The summed E-state index contributed by atoms with van der Waals surface area (Å²) in [5.74, 6) is 0. The van der Waals surface area contributed by atoms with Gasteiger partial charge >= 0.3 is 0 Å². The van der Waals surface area contributed by atoms with Gasteiger partial charge in [-0.1, -0.05) is 30.3 Å². The van der Waals surface area contributed by atoms with E-state index in [1.54, 1.807) is 0 Å². The molecule has 0 bridgehead atoms. The molecule has 2 rings (SSSR count). The zero-order chi connectivity index (χ0) is 14.4. The number of aryl methyl sites for hydroxylation is 1. The average molecular weight is 268 g/mol. The molecule has 0 fully saturated rings. The van der Waals surface area contributed by atoms with Gasteiger partial charge in [-0.2, -0.15) is 0 Å². The van der Waals surface area contributed by atoms with Crippen molar-refractivity contribution in [1.29, 1.82) is 0 Å². The Kier molecular flexibility index (Phi) is 5.31. The first-order valence-electron chi connectivity index (χ1n) is 7.31. The molecule has 0 N–H and O–H groups in total. The van der Waals surface area contributed by atoms with Crippen molar-refractivity contribution in [2.75, 3.05) is 13.6 Å². The van der Waals surface area contributed by atoms with E-state index in [1.807, 2.05) is 12.3 Å². The molecule has 0 unspecified atom stereocenters. The van der Waals surface area contributed by atoms with Gasteiger partial charge in [0, 0.05) is 30.9 Å². The van der Waals surface area contributed by atoms with Gasteiger partial charge in [0.2, 0.25) is 0 Å². The van der Waals surface area contributed by atoms with Crippen LogP contribution in [0.1, 0.15) is 23.7 Å². The summed E-state index contributed by atoms with van der Waals surface area (Å²) in [4.78, 5) is 6.87. The molecule has 0 saturated heterocycles. The fourth-order valence-electron chi connectivity index (χ4n) is 2.34. The van der Waals surface area contributed by atoms with Gasteiger partial charge in [-0.3, -0.25) is 4.98 Å². The Morgan fingerprint density at radius 1 is 1.15 bits per heavy atom. The smallest absolute Gasteiger partial charge is 0.0421 e. The monoisotopic (exact) mass is 268 g/mol. The van der Waals surface area contributed by atoms with E-state index >= 15 is 0 Å². The molecule has 1 atom stereocenters. The quantitative estimate of drug-likeness (QED) is 0.797. The molecule has 0 spiro atoms. The van der Waals surface area contributed by atoms with Crippen LogP contribution in [0.2, 0.25) is 0 Å². The van der Waals surface area contributed by atoms with Crippen LogP contribution in [0.25, 0.3) is 0 Å². The van der Waals surface area contributed by atoms with Crippen LogP contribution in [-0.4, -0.2) is 29.5 Å². The molecule has 0 aliphatic carbocycles. The number of hydrogen-bond donors (Lipinski definition) is 0. The van der Waals surface area contributed by atoms with Gasteiger partial charge in [0.1, 0.15) is 0 Å². The van der Waals surface area contributed by atoms with Crippen LogP contribution in [0.5, 0.6) is 0 Å². The van der Waals surface area contributed by atoms with E-state index in [-0.39, 0.29) is 0 Å². The van der Waals surface area contributed by atoms with Crippen molar-refractivity contribution in [2.45, 2.75) is 32.7 Å². The standard InChI is InChI=1S/C18H24N2/c1-15-9-11-19-18(13-15)14-16(2)20(3)12-10-17-7-5-4-6-8-17/h4-9,11,13,16H,10,12,14H2,1-3H3/t16-/m1/s1. The van der Waals surface area contributed by atoms with Gasteiger partial charge in [-0.15, -0.1) is 0 Å². The first-order chi connectivity index (χ1) is 9.65. The SMILES string of the molecule is Cc1ccnc(C[C@@H](C)N(C)CCc2ccccc2)c1. The molecule has 0 aliphatic rings. The minimum atomic E-state index is 0.507. The van der Waals surface area contributed by atoms with Gasteiger partial charge in [0.25, 0.3) is 0 Å². The third-order valence-corrected chi connectivity index (χ3v) is 3.83. The third kappa shape index (κ3) is 4.46. The third-order valence-electron chi connectivity index (χ3n) is 3.83. The zero-order valence-corrected chi connectivity index (χ0v) is 12.7. The molecule has 2 heteroatoms. The highest BCUT2D eigenvalue weighted by molar-refractivity contribution is 5.16. The van der Waals surface area contributed by atoms with E-state index in [2.05, 4.69) is 67.2 Å². The van der Waals surface area contributed by atoms with Crippen molar-refractivity contribution in [3.05, 3.63) is 65.5 Å². The van der Waals surface area contributed by atoms with Crippen molar-refractivity contribution in [2.24, 2.45) is 0 Å². The van der Waals surface area contributed by atoms with Gasteiger partial charge in [-0.05, 0) is 50.6 Å². The summed E-state index contributed by atoms with van der Waals surface area (Å²) in [6, 6.07) is 15.4. The number of nitrogens with zero attached hydrogens (tertiary/aromatic N) is 2. The molecule has 20 heavy (non-hydrogen) atoms. The van der Waals surface area contributed by atoms with Crippen LogP contribution in [0.15, 0.2) is 48.7 Å². The minimum absolute atomic E-state index is 0.507. The molecular formula is C18H24N2. The van der Waals surface area contributed by atoms with E-state index < -0.39 is 0 Å². The lowest BCUT2D eigenvalue weighted by Gasteiger charge is -2.24. The number of likely N-dealkylation sites (N-methyl/N-ethyl adjacent to an activating group) is 1. The molecule has 1 aromatic heterocycles. The second-order valence-corrected chi connectivity index (χ2v) is 5.59. The Hall–Kier alpha value is -1.67. The van der Waals surface area contributed by atoms with Gasteiger partial charge < -0.3 is 4.90 Å². The van der Waals surface area contributed by atoms with Gasteiger partial charge in [-0.25, -0.2) is 0 Å². The summed E-state index contributed by atoms with van der Waals surface area (Å²) in [6.45, 7) is 5.47. The molecule has 2 aromatic rings. The summed E-state index contributed by atoms with van der Waals surface area (Å²) in [6.07, 6.45) is 4.01. The molecular weight excluding hydrogens is 244 g/mol. The van der Waals surface area contributed by atoms with Crippen molar-refractivity contribution in [1.82, 2.24) is 9.88 Å². The Balaban J connectivity index is 1.84. The minimum Gasteiger partial charge on any atom is -0.303 e. The molecule has 1 heterocycles. The Bertz CT molecular complexity index is 522. The van der Waals surface area contributed by atoms with E-state index in [9.17, 15) is 0 Å². The van der Waals surface area contributed by atoms with E-state index in [4.69, 9.17) is 0 Å². The maximum absolute atomic E-state index is 4.45. The zero-order valence-electron chi connectivity index (χ0n) is 12.7. The molecule has 0 amide bonds. The lowest BCUT2D eigenvalue weighted by molar-refractivity contribution is 0.258. The van der Waals surface area contributed by atoms with Gasteiger partial charge in [0.15, 0.2) is 0 Å². The summed E-state index contributed by atoms with van der Waals surface area (Å²) >= 11 is 0. The van der Waals surface area contributed by atoms with Crippen LogP contribution >= 0.6 is 0 Å². The largest absolute Gasteiger partial charge is 0.303 e. The van der Waals surface area contributed by atoms with Crippen molar-refractivity contribution < 1.29 is 0 Å². The molecule has 0 saturated carbocycles. The second kappa shape index (κ2) is 7.20. The Labute approximate surface area is 122 Å². The van der Waals surface area contributed by atoms with Crippen molar-refractivity contribution in [3.8, 4) is 0 Å². The first-order valence-corrected chi connectivity index (χ1v) is 7.31. The highest BCUT2D eigenvalue weighted by Gasteiger charge is 2.10. The molecule has 0 radical (unpaired) electrons. The maximum atomic E-state index is 4.45. The van der Waals surface area contributed by atoms with Crippen LogP contribution in [-0.2, 0) is 12.8 Å². The number of benzene rings is 1. The Morgan fingerprint density at radius 2 is 1.90 bits per heavy atom. The maximum Gasteiger partial charge on any atom is 0.0421 e. The molecule has 2 nitrogen and oxygen atoms in total. The Morgan fingerprint density at radius 3 is 2.60 bits per heavy atom. The second-order valence-electron chi connectivity index (χ2n) is 5.59. The summed E-state index contributed by atoms with van der Waals surface area (Å²) in [5, 5.41) is 0. The molecule has 1 aromatic carbocycles. The summed E-state index contributed by atoms with van der Waals surface area (Å²) < 4.78 is 0. The highest BCUT2D eigenvalue weighted by Crippen LogP contribution is 2.08. The molecule has 106 valence electrons. The first kappa shape index (κ1) is 14.7. The predicted octanol–water partition coefficient (Wildman–Crippen LogP) is 3.50.